The third-order valence-electron chi connectivity index (χ3n) is 2.64. The van der Waals surface area contributed by atoms with Crippen LogP contribution in [-0.2, 0) is 14.3 Å². The van der Waals surface area contributed by atoms with Crippen LogP contribution in [0.5, 0.6) is 0 Å². The molecule has 120 valence electrons. The zero-order valence-electron chi connectivity index (χ0n) is 12.3. The highest BCUT2D eigenvalue weighted by Gasteiger charge is 2.22. The van der Waals surface area contributed by atoms with Crippen LogP contribution in [0.4, 0.5) is 10.5 Å². The number of benzene rings is 1. The van der Waals surface area contributed by atoms with E-state index in [1.165, 1.54) is 13.0 Å². The van der Waals surface area contributed by atoms with Crippen molar-refractivity contribution in [1.29, 1.82) is 0 Å². The summed E-state index contributed by atoms with van der Waals surface area (Å²) in [6.07, 6.45) is -2.10. The summed E-state index contributed by atoms with van der Waals surface area (Å²) in [5.41, 5.74) is 0.691. The largest absolute Gasteiger partial charge is 0.453 e. The van der Waals surface area contributed by atoms with Crippen molar-refractivity contribution in [1.82, 2.24) is 5.32 Å². The van der Waals surface area contributed by atoms with Gasteiger partial charge in [-0.25, -0.2) is 9.59 Å². The van der Waals surface area contributed by atoms with Gasteiger partial charge in [0, 0.05) is 12.2 Å². The first kappa shape index (κ1) is 17.4. The number of hydrogen-bond donors (Lipinski definition) is 3. The van der Waals surface area contributed by atoms with E-state index in [4.69, 9.17) is 9.84 Å². The molecule has 0 saturated carbocycles. The molecule has 0 aliphatic heterocycles. The predicted molar refractivity (Wildman–Crippen MR) is 77.4 cm³/mol. The lowest BCUT2D eigenvalue weighted by Crippen LogP contribution is -2.39. The second-order valence-electron chi connectivity index (χ2n) is 4.22. The molecule has 0 heterocycles. The number of imide groups is 1. The van der Waals surface area contributed by atoms with Crippen LogP contribution in [0.3, 0.4) is 0 Å². The average Bonchev–Trinajstić information content (AvgIpc) is 2.52. The number of esters is 1. The van der Waals surface area contributed by atoms with E-state index in [0.717, 1.165) is 7.11 Å². The van der Waals surface area contributed by atoms with Crippen molar-refractivity contribution in [2.75, 3.05) is 25.6 Å². The number of ether oxygens (including phenoxy) is 2. The van der Waals surface area contributed by atoms with E-state index in [9.17, 15) is 14.4 Å². The molecule has 2 amide bonds. The normalized spacial score (nSPS) is 11.2. The molecule has 0 fully saturated rings. The van der Waals surface area contributed by atoms with Gasteiger partial charge in [-0.15, -0.1) is 0 Å². The fourth-order valence-corrected chi connectivity index (χ4v) is 1.54. The monoisotopic (exact) mass is 310 g/mol. The Labute approximate surface area is 127 Å². The van der Waals surface area contributed by atoms with Crippen molar-refractivity contribution in [3.05, 3.63) is 29.8 Å². The lowest BCUT2D eigenvalue weighted by Gasteiger charge is -2.14. The minimum Gasteiger partial charge on any atom is -0.453 e. The summed E-state index contributed by atoms with van der Waals surface area (Å²) in [5.74, 6) is -1.52. The van der Waals surface area contributed by atoms with Gasteiger partial charge in [0.15, 0.2) is 6.10 Å². The topological polar surface area (TPSA) is 114 Å². The van der Waals surface area contributed by atoms with Crippen molar-refractivity contribution in [2.24, 2.45) is 0 Å². The average molecular weight is 310 g/mol. The van der Waals surface area contributed by atoms with Gasteiger partial charge >= 0.3 is 12.1 Å². The Kier molecular flexibility index (Phi) is 6.84. The van der Waals surface area contributed by atoms with Crippen LogP contribution in [0.15, 0.2) is 24.3 Å². The highest BCUT2D eigenvalue weighted by atomic mass is 16.6. The number of hydrogen-bond acceptors (Lipinski definition) is 7. The summed E-state index contributed by atoms with van der Waals surface area (Å²) in [6.45, 7) is 1.50. The number of nitrogens with one attached hydrogen (secondary N) is 2. The van der Waals surface area contributed by atoms with Gasteiger partial charge in [-0.2, -0.15) is 0 Å². The molecule has 1 aromatic rings. The highest BCUT2D eigenvalue weighted by Crippen LogP contribution is 2.16. The van der Waals surface area contributed by atoms with E-state index in [2.05, 4.69) is 10.1 Å². The summed E-state index contributed by atoms with van der Waals surface area (Å²) >= 11 is 0. The summed E-state index contributed by atoms with van der Waals surface area (Å²) in [6, 6.07) is 6.52. The van der Waals surface area contributed by atoms with E-state index in [0.29, 0.717) is 5.69 Å². The second-order valence-corrected chi connectivity index (χ2v) is 4.22. The van der Waals surface area contributed by atoms with E-state index in [-0.39, 0.29) is 18.7 Å². The van der Waals surface area contributed by atoms with Crippen LogP contribution in [0.25, 0.3) is 0 Å². The predicted octanol–water partition coefficient (Wildman–Crippen LogP) is 0.519. The Balaban J connectivity index is 2.72. The van der Waals surface area contributed by atoms with E-state index in [1.807, 2.05) is 5.32 Å². The van der Waals surface area contributed by atoms with Gasteiger partial charge < -0.3 is 19.9 Å². The van der Waals surface area contributed by atoms with Gasteiger partial charge in [-0.1, -0.05) is 12.1 Å². The molecule has 0 aliphatic rings. The SMILES string of the molecule is COC(=O)NC(=O)[C@@H](C)OC(=O)c1ccccc1NCCO. The van der Waals surface area contributed by atoms with Crippen molar-refractivity contribution in [3.63, 3.8) is 0 Å². The Bertz CT molecular complexity index is 546. The fourth-order valence-electron chi connectivity index (χ4n) is 1.54. The third-order valence-corrected chi connectivity index (χ3v) is 2.64. The van der Waals surface area contributed by atoms with Gasteiger partial charge in [0.1, 0.15) is 0 Å². The quantitative estimate of drug-likeness (QED) is 0.656. The molecule has 0 bridgehead atoms. The molecule has 1 atom stereocenters. The number of alkyl carbamates (subject to hydrolysis) is 1. The zero-order valence-corrected chi connectivity index (χ0v) is 12.3. The summed E-state index contributed by atoms with van der Waals surface area (Å²) < 4.78 is 9.28. The van der Waals surface area contributed by atoms with Gasteiger partial charge in [0.2, 0.25) is 0 Å². The van der Waals surface area contributed by atoms with Crippen molar-refractivity contribution in [2.45, 2.75) is 13.0 Å². The number of carbonyl (C=O) groups is 3. The maximum Gasteiger partial charge on any atom is 0.413 e. The number of para-hydroxylation sites is 1. The lowest BCUT2D eigenvalue weighted by atomic mass is 10.2. The third kappa shape index (κ3) is 5.06. The van der Waals surface area contributed by atoms with Crippen LogP contribution < -0.4 is 10.6 Å². The molecule has 1 aromatic carbocycles. The smallest absolute Gasteiger partial charge is 0.413 e. The number of amides is 2. The Morgan fingerprint density at radius 3 is 2.59 bits per heavy atom. The molecule has 8 nitrogen and oxygen atoms in total. The zero-order chi connectivity index (χ0) is 16.5. The Morgan fingerprint density at radius 2 is 1.95 bits per heavy atom. The van der Waals surface area contributed by atoms with Crippen LogP contribution in [0.2, 0.25) is 0 Å². The number of carbonyl (C=O) groups excluding carboxylic acids is 3. The molecule has 1 rings (SSSR count). The fraction of sp³-hybridized carbons (Fsp3) is 0.357. The first-order valence-electron chi connectivity index (χ1n) is 6.53. The molecule has 0 aliphatic carbocycles. The molecule has 0 aromatic heterocycles. The molecule has 0 spiro atoms. The van der Waals surface area contributed by atoms with Crippen molar-refractivity contribution in [3.8, 4) is 0 Å². The molecule has 22 heavy (non-hydrogen) atoms. The summed E-state index contributed by atoms with van der Waals surface area (Å²) in [7, 11) is 1.11. The van der Waals surface area contributed by atoms with Gasteiger partial charge in [0.25, 0.3) is 5.91 Å². The molecule has 0 unspecified atom stereocenters. The van der Waals surface area contributed by atoms with Gasteiger partial charge in [0.05, 0.1) is 19.3 Å². The summed E-state index contributed by atoms with van der Waals surface area (Å²) in [4.78, 5) is 34.6. The number of aliphatic hydroxyl groups excluding tert-OH is 1. The minimum absolute atomic E-state index is 0.0959. The first-order valence-corrected chi connectivity index (χ1v) is 6.53. The first-order chi connectivity index (χ1) is 10.5. The van der Waals surface area contributed by atoms with E-state index < -0.39 is 24.1 Å². The highest BCUT2D eigenvalue weighted by molar-refractivity contribution is 5.99. The lowest BCUT2D eigenvalue weighted by molar-refractivity contribution is -0.128. The summed E-state index contributed by atoms with van der Waals surface area (Å²) in [5, 5.41) is 13.6. The number of aliphatic hydroxyl groups is 1. The minimum atomic E-state index is -1.17. The van der Waals surface area contributed by atoms with Crippen LogP contribution in [0, 0.1) is 0 Å². The molecule has 8 heteroatoms. The number of methoxy groups -OCH3 is 1. The van der Waals surface area contributed by atoms with Gasteiger partial charge in [-0.3, -0.25) is 10.1 Å². The van der Waals surface area contributed by atoms with Crippen LogP contribution >= 0.6 is 0 Å². The Hall–Kier alpha value is -2.61. The van der Waals surface area contributed by atoms with Crippen LogP contribution in [0.1, 0.15) is 17.3 Å². The Morgan fingerprint density at radius 1 is 1.27 bits per heavy atom. The van der Waals surface area contributed by atoms with Gasteiger partial charge in [-0.05, 0) is 19.1 Å². The maximum atomic E-state index is 12.1. The van der Waals surface area contributed by atoms with Crippen LogP contribution in [-0.4, -0.2) is 49.4 Å². The molecule has 0 saturated heterocycles. The van der Waals surface area contributed by atoms with E-state index >= 15 is 0 Å². The molecule has 0 radical (unpaired) electrons. The van der Waals surface area contributed by atoms with Crippen molar-refractivity contribution >= 4 is 23.7 Å². The van der Waals surface area contributed by atoms with Crippen molar-refractivity contribution < 1.29 is 29.0 Å². The second kappa shape index (κ2) is 8.63. The number of rotatable bonds is 6. The number of anilines is 1. The van der Waals surface area contributed by atoms with E-state index in [1.54, 1.807) is 18.2 Å². The molecular weight excluding hydrogens is 292 g/mol. The standard InChI is InChI=1S/C14H18N2O6/c1-9(12(18)16-14(20)21-2)22-13(19)10-5-3-4-6-11(10)15-7-8-17/h3-6,9,15,17H,7-8H2,1-2H3,(H,16,18,20)/t9-/m1/s1. The maximum absolute atomic E-state index is 12.1. The molecular formula is C14H18N2O6. The molecule has 3 N–H and O–H groups in total.